The number of rotatable bonds is 3. The summed E-state index contributed by atoms with van der Waals surface area (Å²) in [6, 6.07) is 2.91. The summed E-state index contributed by atoms with van der Waals surface area (Å²) in [6.07, 6.45) is 1.76. The fourth-order valence-corrected chi connectivity index (χ4v) is 2.41. The van der Waals surface area contributed by atoms with Crippen molar-refractivity contribution in [2.75, 3.05) is 13.1 Å². The molecule has 0 aromatic carbocycles. The van der Waals surface area contributed by atoms with Crippen LogP contribution in [0, 0.1) is 16.0 Å². The topological polar surface area (TPSA) is 105 Å². The lowest BCUT2D eigenvalue weighted by atomic mass is 9.91. The molecule has 0 spiro atoms. The van der Waals surface area contributed by atoms with Gasteiger partial charge in [0.15, 0.2) is 5.69 Å². The summed E-state index contributed by atoms with van der Waals surface area (Å²) in [5, 5.41) is 10.6. The van der Waals surface area contributed by atoms with Crippen LogP contribution in [0.2, 0.25) is 0 Å². The Kier molecular flexibility index (Phi) is 5.52. The number of nitrogens with zero attached hydrogens (tertiary/aromatic N) is 2. The standard InChI is InChI=1S/C12H18N4O3.ClH/c1-8(13)9-4-6-15(7-5-9)12(17)10-2-3-11(14-10)16(18)19;/h2-3,8-9,14H,4-7,13H2,1H3;1H. The van der Waals surface area contributed by atoms with Crippen LogP contribution in [0.3, 0.4) is 0 Å². The Morgan fingerprint density at radius 2 is 2.10 bits per heavy atom. The number of hydrogen-bond acceptors (Lipinski definition) is 4. The number of aromatic amines is 1. The summed E-state index contributed by atoms with van der Waals surface area (Å²) in [5.74, 6) is 0.104. The second-order valence-electron chi connectivity index (χ2n) is 5.00. The van der Waals surface area contributed by atoms with Crippen molar-refractivity contribution in [1.29, 1.82) is 0 Å². The molecule has 1 fully saturated rings. The van der Waals surface area contributed by atoms with Gasteiger partial charge in [-0.2, -0.15) is 0 Å². The van der Waals surface area contributed by atoms with E-state index >= 15 is 0 Å². The molecular weight excluding hydrogens is 284 g/mol. The molecule has 0 bridgehead atoms. The minimum atomic E-state index is -0.543. The first-order valence-corrected chi connectivity index (χ1v) is 6.37. The molecule has 0 radical (unpaired) electrons. The Morgan fingerprint density at radius 3 is 2.55 bits per heavy atom. The van der Waals surface area contributed by atoms with Crippen molar-refractivity contribution >= 4 is 24.1 Å². The van der Waals surface area contributed by atoms with E-state index in [1.54, 1.807) is 4.90 Å². The predicted molar refractivity (Wildman–Crippen MR) is 77.0 cm³/mol. The normalized spacial score (nSPS) is 17.4. The third kappa shape index (κ3) is 3.49. The van der Waals surface area contributed by atoms with Crippen LogP contribution in [0.1, 0.15) is 30.3 Å². The second kappa shape index (κ2) is 6.71. The highest BCUT2D eigenvalue weighted by molar-refractivity contribution is 5.93. The van der Waals surface area contributed by atoms with Gasteiger partial charge in [0.25, 0.3) is 5.91 Å². The number of hydrogen-bond donors (Lipinski definition) is 2. The van der Waals surface area contributed by atoms with Crippen molar-refractivity contribution < 1.29 is 9.72 Å². The van der Waals surface area contributed by atoms with Gasteiger partial charge in [-0.3, -0.25) is 4.79 Å². The maximum Gasteiger partial charge on any atom is 0.321 e. The summed E-state index contributed by atoms with van der Waals surface area (Å²) in [4.78, 5) is 26.4. The van der Waals surface area contributed by atoms with Crippen LogP contribution in [0.4, 0.5) is 5.82 Å². The number of amides is 1. The number of carbonyl (C=O) groups is 1. The molecule has 1 amide bonds. The van der Waals surface area contributed by atoms with Crippen LogP contribution in [0.5, 0.6) is 0 Å². The summed E-state index contributed by atoms with van der Waals surface area (Å²) >= 11 is 0. The number of carbonyl (C=O) groups excluding carboxylic acids is 1. The lowest BCUT2D eigenvalue weighted by Gasteiger charge is -2.33. The number of H-pyrrole nitrogens is 1. The minimum absolute atomic E-state index is 0. The molecule has 1 aliphatic heterocycles. The van der Waals surface area contributed by atoms with E-state index in [1.165, 1.54) is 12.1 Å². The van der Waals surface area contributed by atoms with Crippen LogP contribution in [-0.2, 0) is 0 Å². The summed E-state index contributed by atoms with van der Waals surface area (Å²) in [6.45, 7) is 3.28. The van der Waals surface area contributed by atoms with E-state index in [0.717, 1.165) is 12.8 Å². The summed E-state index contributed by atoms with van der Waals surface area (Å²) < 4.78 is 0. The highest BCUT2D eigenvalue weighted by atomic mass is 35.5. The Balaban J connectivity index is 0.00000200. The van der Waals surface area contributed by atoms with Crippen molar-refractivity contribution in [3.05, 3.63) is 27.9 Å². The van der Waals surface area contributed by atoms with Crippen molar-refractivity contribution in [3.63, 3.8) is 0 Å². The van der Waals surface area contributed by atoms with E-state index in [9.17, 15) is 14.9 Å². The van der Waals surface area contributed by atoms with E-state index in [2.05, 4.69) is 4.98 Å². The van der Waals surface area contributed by atoms with Gasteiger partial charge in [0.1, 0.15) is 0 Å². The Labute approximate surface area is 123 Å². The number of aromatic nitrogens is 1. The van der Waals surface area contributed by atoms with Crippen molar-refractivity contribution in [2.24, 2.45) is 11.7 Å². The van der Waals surface area contributed by atoms with Gasteiger partial charge in [-0.05, 0) is 36.7 Å². The Hall–Kier alpha value is -1.60. The zero-order valence-electron chi connectivity index (χ0n) is 11.2. The fraction of sp³-hybridized carbons (Fsp3) is 0.583. The summed E-state index contributed by atoms with van der Waals surface area (Å²) in [7, 11) is 0. The van der Waals surface area contributed by atoms with Crippen LogP contribution < -0.4 is 5.73 Å². The van der Waals surface area contributed by atoms with Gasteiger partial charge in [0, 0.05) is 25.2 Å². The zero-order chi connectivity index (χ0) is 14.0. The van der Waals surface area contributed by atoms with E-state index < -0.39 is 4.92 Å². The van der Waals surface area contributed by atoms with Gasteiger partial charge in [0.05, 0.1) is 0 Å². The SMILES string of the molecule is CC(N)C1CCN(C(=O)c2ccc([N+](=O)[O-])[nH]2)CC1.Cl. The predicted octanol–water partition coefficient (Wildman–Crippen LogP) is 1.54. The van der Waals surface area contributed by atoms with Crippen molar-refractivity contribution in [2.45, 2.75) is 25.8 Å². The van der Waals surface area contributed by atoms with E-state index in [0.29, 0.717) is 19.0 Å². The zero-order valence-corrected chi connectivity index (χ0v) is 12.1. The molecule has 1 saturated heterocycles. The third-order valence-corrected chi connectivity index (χ3v) is 3.67. The molecule has 0 aliphatic carbocycles. The molecule has 20 heavy (non-hydrogen) atoms. The lowest BCUT2D eigenvalue weighted by Crippen LogP contribution is -2.42. The number of likely N-dealkylation sites (tertiary alicyclic amines) is 1. The maximum atomic E-state index is 12.2. The van der Waals surface area contributed by atoms with Crippen LogP contribution in [0.25, 0.3) is 0 Å². The van der Waals surface area contributed by atoms with Gasteiger partial charge in [-0.15, -0.1) is 12.4 Å². The van der Waals surface area contributed by atoms with Gasteiger partial charge in [0.2, 0.25) is 0 Å². The molecule has 1 aliphatic rings. The average molecular weight is 303 g/mol. The molecular formula is C12H19ClN4O3. The molecule has 7 nitrogen and oxygen atoms in total. The smallest absolute Gasteiger partial charge is 0.321 e. The van der Waals surface area contributed by atoms with E-state index in [-0.39, 0.29) is 35.9 Å². The van der Waals surface area contributed by atoms with E-state index in [1.807, 2.05) is 6.92 Å². The first kappa shape index (κ1) is 16.5. The molecule has 112 valence electrons. The van der Waals surface area contributed by atoms with Crippen molar-refractivity contribution in [1.82, 2.24) is 9.88 Å². The molecule has 3 N–H and O–H groups in total. The fourth-order valence-electron chi connectivity index (χ4n) is 2.41. The number of nitrogens with two attached hydrogens (primary N) is 1. The third-order valence-electron chi connectivity index (χ3n) is 3.67. The molecule has 1 aromatic rings. The Morgan fingerprint density at radius 1 is 1.50 bits per heavy atom. The van der Waals surface area contributed by atoms with Gasteiger partial charge >= 0.3 is 5.82 Å². The maximum absolute atomic E-state index is 12.2. The molecule has 1 atom stereocenters. The molecule has 2 rings (SSSR count). The monoisotopic (exact) mass is 302 g/mol. The number of halogens is 1. The molecule has 0 saturated carbocycles. The van der Waals surface area contributed by atoms with Crippen LogP contribution in [-0.4, -0.2) is 39.8 Å². The largest absolute Gasteiger partial charge is 0.358 e. The molecule has 8 heteroatoms. The average Bonchev–Trinajstić information content (AvgIpc) is 2.87. The first-order valence-electron chi connectivity index (χ1n) is 6.37. The molecule has 1 unspecified atom stereocenters. The highest BCUT2D eigenvalue weighted by Gasteiger charge is 2.27. The minimum Gasteiger partial charge on any atom is -0.358 e. The van der Waals surface area contributed by atoms with Gasteiger partial charge in [-0.25, -0.2) is 4.98 Å². The quantitative estimate of drug-likeness (QED) is 0.652. The van der Waals surface area contributed by atoms with Gasteiger partial charge < -0.3 is 20.7 Å². The van der Waals surface area contributed by atoms with Crippen molar-refractivity contribution in [3.8, 4) is 0 Å². The second-order valence-corrected chi connectivity index (χ2v) is 5.00. The summed E-state index contributed by atoms with van der Waals surface area (Å²) in [5.41, 5.74) is 6.12. The van der Waals surface area contributed by atoms with E-state index in [4.69, 9.17) is 5.73 Å². The number of nitro groups is 1. The first-order chi connectivity index (χ1) is 8.99. The lowest BCUT2D eigenvalue weighted by molar-refractivity contribution is -0.389. The highest BCUT2D eigenvalue weighted by Crippen LogP contribution is 2.21. The Bertz CT molecular complexity index is 481. The number of nitrogens with one attached hydrogen (secondary N) is 1. The van der Waals surface area contributed by atoms with Crippen LogP contribution in [0.15, 0.2) is 12.1 Å². The molecule has 2 heterocycles. The number of piperidine rings is 1. The van der Waals surface area contributed by atoms with Crippen LogP contribution >= 0.6 is 12.4 Å². The van der Waals surface area contributed by atoms with Gasteiger partial charge in [-0.1, -0.05) is 0 Å². The molecule has 1 aromatic heterocycles.